The minimum absolute atomic E-state index is 0.0202. The molecule has 2 aliphatic heterocycles. The standard InChI is InChI=1S/C36H38ClN3O5/c1-24-32(22-40-18-15-36(43,16-19-40)29-11-13-30(37)14-12-29)44-35(45-33(24)26-9-7-25(23-41)8-10-26)27-4-2-6-31(20-27)39-34(42)28-5-3-17-38-21-28/h2-14,17,20-21,24,32-33,35,41,43H,15-16,18-19,22-23H2,1H3,(H,39,42)/t24-,32+,33+,35+/m1/s1. The number of likely N-dealkylation sites (tertiary alicyclic amines) is 1. The van der Waals surface area contributed by atoms with Crippen LogP contribution in [-0.4, -0.2) is 51.7 Å². The summed E-state index contributed by atoms with van der Waals surface area (Å²) in [5, 5.41) is 24.6. The molecule has 9 heteroatoms. The maximum absolute atomic E-state index is 12.8. The molecule has 45 heavy (non-hydrogen) atoms. The number of carbonyl (C=O) groups excluding carboxylic acids is 1. The number of anilines is 1. The van der Waals surface area contributed by atoms with Crippen LogP contribution in [0.1, 0.15) is 64.8 Å². The van der Waals surface area contributed by atoms with Gasteiger partial charge in [-0.1, -0.05) is 67.1 Å². The molecule has 2 aliphatic rings. The van der Waals surface area contributed by atoms with Gasteiger partial charge in [0.25, 0.3) is 5.91 Å². The van der Waals surface area contributed by atoms with E-state index in [4.69, 9.17) is 21.1 Å². The number of ether oxygens (including phenoxy) is 2. The summed E-state index contributed by atoms with van der Waals surface area (Å²) in [5.74, 6) is -0.227. The highest BCUT2D eigenvalue weighted by atomic mass is 35.5. The van der Waals surface area contributed by atoms with E-state index in [0.717, 1.165) is 35.3 Å². The third-order valence-electron chi connectivity index (χ3n) is 8.97. The van der Waals surface area contributed by atoms with Crippen molar-refractivity contribution in [2.75, 3.05) is 25.0 Å². The predicted molar refractivity (Wildman–Crippen MR) is 173 cm³/mol. The molecule has 4 atom stereocenters. The molecule has 8 nitrogen and oxygen atoms in total. The van der Waals surface area contributed by atoms with Gasteiger partial charge in [-0.15, -0.1) is 0 Å². The molecular weight excluding hydrogens is 590 g/mol. The number of halogens is 1. The fourth-order valence-corrected chi connectivity index (χ4v) is 6.33. The highest BCUT2D eigenvalue weighted by Crippen LogP contribution is 2.43. The number of nitrogens with zero attached hydrogens (tertiary/aromatic N) is 2. The zero-order valence-corrected chi connectivity index (χ0v) is 25.9. The lowest BCUT2D eigenvalue weighted by Gasteiger charge is -2.45. The topological polar surface area (TPSA) is 104 Å². The number of aliphatic hydroxyl groups excluding tert-OH is 1. The van der Waals surface area contributed by atoms with Crippen LogP contribution >= 0.6 is 11.6 Å². The number of hydrogen-bond donors (Lipinski definition) is 3. The van der Waals surface area contributed by atoms with Crippen LogP contribution in [0.15, 0.2) is 97.3 Å². The average molecular weight is 628 g/mol. The van der Waals surface area contributed by atoms with Gasteiger partial charge < -0.3 is 29.9 Å². The van der Waals surface area contributed by atoms with Crippen LogP contribution in [0.5, 0.6) is 0 Å². The predicted octanol–water partition coefficient (Wildman–Crippen LogP) is 6.25. The van der Waals surface area contributed by atoms with Crippen LogP contribution in [0.4, 0.5) is 5.69 Å². The number of piperidine rings is 1. The molecule has 3 heterocycles. The van der Waals surface area contributed by atoms with Crippen molar-refractivity contribution in [1.29, 1.82) is 0 Å². The summed E-state index contributed by atoms with van der Waals surface area (Å²) >= 11 is 6.08. The van der Waals surface area contributed by atoms with Crippen LogP contribution in [0.2, 0.25) is 5.02 Å². The highest BCUT2D eigenvalue weighted by Gasteiger charge is 2.41. The number of aliphatic hydroxyl groups is 2. The van der Waals surface area contributed by atoms with Crippen LogP contribution in [0.25, 0.3) is 0 Å². The van der Waals surface area contributed by atoms with Gasteiger partial charge in [0.15, 0.2) is 6.29 Å². The third kappa shape index (κ3) is 7.28. The van der Waals surface area contributed by atoms with Gasteiger partial charge in [-0.25, -0.2) is 0 Å². The molecule has 0 radical (unpaired) electrons. The molecule has 0 saturated carbocycles. The third-order valence-corrected chi connectivity index (χ3v) is 9.22. The minimum atomic E-state index is -0.885. The van der Waals surface area contributed by atoms with Gasteiger partial charge in [0.05, 0.1) is 30.0 Å². The zero-order valence-electron chi connectivity index (χ0n) is 25.2. The molecule has 0 aliphatic carbocycles. The lowest BCUT2D eigenvalue weighted by molar-refractivity contribution is -0.277. The smallest absolute Gasteiger partial charge is 0.257 e. The fourth-order valence-electron chi connectivity index (χ4n) is 6.20. The van der Waals surface area contributed by atoms with Gasteiger partial charge in [0.1, 0.15) is 0 Å². The van der Waals surface area contributed by atoms with Crippen LogP contribution in [-0.2, 0) is 21.7 Å². The molecule has 3 N–H and O–H groups in total. The van der Waals surface area contributed by atoms with E-state index in [1.165, 1.54) is 6.20 Å². The van der Waals surface area contributed by atoms with Gasteiger partial charge >= 0.3 is 0 Å². The van der Waals surface area contributed by atoms with Gasteiger partial charge in [-0.2, -0.15) is 0 Å². The minimum Gasteiger partial charge on any atom is -0.392 e. The summed E-state index contributed by atoms with van der Waals surface area (Å²) in [6.45, 7) is 4.25. The second-order valence-electron chi connectivity index (χ2n) is 12.0. The number of nitrogens with one attached hydrogen (secondary N) is 1. The number of carbonyl (C=O) groups is 1. The van der Waals surface area contributed by atoms with E-state index in [-0.39, 0.29) is 30.6 Å². The van der Waals surface area contributed by atoms with Crippen LogP contribution in [0, 0.1) is 5.92 Å². The zero-order chi connectivity index (χ0) is 31.4. The first-order valence-electron chi connectivity index (χ1n) is 15.3. The molecule has 2 saturated heterocycles. The molecule has 0 spiro atoms. The van der Waals surface area contributed by atoms with Crippen LogP contribution in [0.3, 0.4) is 0 Å². The Labute approximate surface area is 268 Å². The maximum Gasteiger partial charge on any atom is 0.257 e. The molecule has 6 rings (SSSR count). The molecule has 0 bridgehead atoms. The Morgan fingerprint density at radius 1 is 1.00 bits per heavy atom. The molecule has 3 aromatic carbocycles. The van der Waals surface area contributed by atoms with E-state index in [1.807, 2.05) is 72.8 Å². The van der Waals surface area contributed by atoms with Crippen molar-refractivity contribution >= 4 is 23.2 Å². The van der Waals surface area contributed by atoms with Crippen molar-refractivity contribution in [1.82, 2.24) is 9.88 Å². The summed E-state index contributed by atoms with van der Waals surface area (Å²) in [4.78, 5) is 19.2. The Balaban J connectivity index is 1.20. The monoisotopic (exact) mass is 627 g/mol. The summed E-state index contributed by atoms with van der Waals surface area (Å²) in [5.41, 5.74) is 3.75. The van der Waals surface area contributed by atoms with E-state index in [2.05, 4.69) is 22.1 Å². The normalized spacial score (nSPS) is 23.4. The van der Waals surface area contributed by atoms with Crippen molar-refractivity contribution in [3.8, 4) is 0 Å². The lowest BCUT2D eigenvalue weighted by atomic mass is 9.84. The molecule has 1 amide bonds. The number of hydrogen-bond acceptors (Lipinski definition) is 7. The number of pyridine rings is 1. The first-order valence-corrected chi connectivity index (χ1v) is 15.7. The largest absolute Gasteiger partial charge is 0.392 e. The molecule has 1 aromatic heterocycles. The number of benzene rings is 3. The van der Waals surface area contributed by atoms with Gasteiger partial charge in [-0.05, 0) is 65.9 Å². The molecule has 0 unspecified atom stereocenters. The first-order chi connectivity index (χ1) is 21.8. The molecule has 4 aromatic rings. The van der Waals surface area contributed by atoms with Crippen LogP contribution < -0.4 is 5.32 Å². The van der Waals surface area contributed by atoms with Gasteiger partial charge in [-0.3, -0.25) is 9.78 Å². The van der Waals surface area contributed by atoms with E-state index in [1.54, 1.807) is 18.3 Å². The molecule has 234 valence electrons. The summed E-state index contributed by atoms with van der Waals surface area (Å²) in [6.07, 6.45) is 3.29. The number of rotatable bonds is 8. The molecular formula is C36H38ClN3O5. The average Bonchev–Trinajstić information content (AvgIpc) is 3.07. The molecule has 2 fully saturated rings. The summed E-state index contributed by atoms with van der Waals surface area (Å²) in [6, 6.07) is 26.3. The SMILES string of the molecule is C[C@@H]1[C@H](CN2CCC(O)(c3ccc(Cl)cc3)CC2)O[C@H](c2cccc(NC(=O)c3cccnc3)c2)O[C@@H]1c1ccc(CO)cc1. The maximum atomic E-state index is 12.8. The number of amides is 1. The Bertz CT molecular complexity index is 1580. The Hall–Kier alpha value is -3.63. The highest BCUT2D eigenvalue weighted by molar-refractivity contribution is 6.30. The Kier molecular flexibility index (Phi) is 9.61. The van der Waals surface area contributed by atoms with E-state index >= 15 is 0 Å². The Morgan fingerprint density at radius 3 is 2.44 bits per heavy atom. The summed E-state index contributed by atoms with van der Waals surface area (Å²) in [7, 11) is 0. The second kappa shape index (κ2) is 13.8. The van der Waals surface area contributed by atoms with Gasteiger partial charge in [0, 0.05) is 54.2 Å². The van der Waals surface area contributed by atoms with Gasteiger partial charge in [0.2, 0.25) is 0 Å². The van der Waals surface area contributed by atoms with E-state index < -0.39 is 11.9 Å². The van der Waals surface area contributed by atoms with E-state index in [9.17, 15) is 15.0 Å². The lowest BCUT2D eigenvalue weighted by Crippen LogP contribution is -2.49. The first kappa shape index (κ1) is 31.4. The van der Waals surface area contributed by atoms with Crippen molar-refractivity contribution in [3.05, 3.63) is 130 Å². The van der Waals surface area contributed by atoms with E-state index in [0.29, 0.717) is 35.7 Å². The van der Waals surface area contributed by atoms with Crippen molar-refractivity contribution in [3.63, 3.8) is 0 Å². The number of aromatic nitrogens is 1. The summed E-state index contributed by atoms with van der Waals surface area (Å²) < 4.78 is 13.3. The fraction of sp³-hybridized carbons (Fsp3) is 0.333. The van der Waals surface area contributed by atoms with Crippen molar-refractivity contribution in [2.45, 2.75) is 50.5 Å². The van der Waals surface area contributed by atoms with Crippen molar-refractivity contribution < 1.29 is 24.5 Å². The Morgan fingerprint density at radius 2 is 1.76 bits per heavy atom. The second-order valence-corrected chi connectivity index (χ2v) is 12.4. The quantitative estimate of drug-likeness (QED) is 0.212. The van der Waals surface area contributed by atoms with Crippen molar-refractivity contribution in [2.24, 2.45) is 5.92 Å².